The highest BCUT2D eigenvalue weighted by Crippen LogP contribution is 2.13. The molecule has 1 aliphatic rings. The molecule has 1 rings (SSSR count). The lowest BCUT2D eigenvalue weighted by Gasteiger charge is -2.15. The maximum Gasteiger partial charge on any atom is 0.373 e. The summed E-state index contributed by atoms with van der Waals surface area (Å²) in [6, 6.07) is 1.23. The number of cyclic esters (lactones) is 1. The molecule has 0 saturated heterocycles. The summed E-state index contributed by atoms with van der Waals surface area (Å²) in [7, 11) is -0.967. The third-order valence-electron chi connectivity index (χ3n) is 2.01. The third kappa shape index (κ3) is 3.96. The zero-order valence-corrected chi connectivity index (χ0v) is 10.1. The lowest BCUT2D eigenvalue weighted by atomic mass is 10.5. The van der Waals surface area contributed by atoms with E-state index in [1.807, 2.05) is 0 Å². The van der Waals surface area contributed by atoms with Crippen LogP contribution in [0.15, 0.2) is 11.8 Å². The van der Waals surface area contributed by atoms with Crippen LogP contribution in [-0.4, -0.2) is 27.3 Å². The summed E-state index contributed by atoms with van der Waals surface area (Å²) < 4.78 is 10.0. The van der Waals surface area contributed by atoms with Gasteiger partial charge in [-0.3, -0.25) is 0 Å². The van der Waals surface area contributed by atoms with Crippen LogP contribution in [-0.2, 0) is 14.3 Å². The fraction of sp³-hybridized carbons (Fsp3) is 0.700. The Balaban J connectivity index is 2.13. The fourth-order valence-corrected chi connectivity index (χ4v) is 2.45. The van der Waals surface area contributed by atoms with Crippen molar-refractivity contribution in [2.75, 3.05) is 13.2 Å². The van der Waals surface area contributed by atoms with Gasteiger partial charge in [0.25, 0.3) is 0 Å². The van der Waals surface area contributed by atoms with Crippen LogP contribution in [0.25, 0.3) is 0 Å². The highest BCUT2D eigenvalue weighted by molar-refractivity contribution is 6.76. The van der Waals surface area contributed by atoms with E-state index in [0.29, 0.717) is 19.0 Å². The molecule has 0 unspecified atom stereocenters. The first-order chi connectivity index (χ1) is 6.49. The van der Waals surface area contributed by atoms with Crippen molar-refractivity contribution in [2.24, 2.45) is 0 Å². The van der Waals surface area contributed by atoms with E-state index in [9.17, 15) is 4.79 Å². The Morgan fingerprint density at radius 1 is 1.50 bits per heavy atom. The quantitative estimate of drug-likeness (QED) is 0.400. The Bertz CT molecular complexity index is 240. The van der Waals surface area contributed by atoms with E-state index in [4.69, 9.17) is 9.47 Å². The van der Waals surface area contributed by atoms with Gasteiger partial charge in [0.05, 0.1) is 6.61 Å². The number of hydrogen-bond acceptors (Lipinski definition) is 3. The van der Waals surface area contributed by atoms with Gasteiger partial charge in [-0.1, -0.05) is 25.7 Å². The summed E-state index contributed by atoms with van der Waals surface area (Å²) in [5.41, 5.74) is 0. The maximum absolute atomic E-state index is 11.0. The van der Waals surface area contributed by atoms with Gasteiger partial charge in [0.1, 0.15) is 6.61 Å². The van der Waals surface area contributed by atoms with Crippen LogP contribution in [0.4, 0.5) is 0 Å². The van der Waals surface area contributed by atoms with Gasteiger partial charge in [-0.25, -0.2) is 4.79 Å². The van der Waals surface area contributed by atoms with E-state index in [1.165, 1.54) is 6.04 Å². The van der Waals surface area contributed by atoms with Crippen molar-refractivity contribution in [1.82, 2.24) is 0 Å². The SMILES string of the molecule is C[Si](C)(C)CCCOC1=CCOC1=O. The number of carbonyl (C=O) groups excluding carboxylic acids is 1. The van der Waals surface area contributed by atoms with E-state index in [0.717, 1.165) is 6.42 Å². The van der Waals surface area contributed by atoms with Gasteiger partial charge in [-0.05, 0) is 6.42 Å². The predicted octanol–water partition coefficient (Wildman–Crippen LogP) is 2.17. The second-order valence-corrected chi connectivity index (χ2v) is 10.3. The molecule has 0 radical (unpaired) electrons. The van der Waals surface area contributed by atoms with E-state index in [-0.39, 0.29) is 5.97 Å². The minimum atomic E-state index is -0.967. The molecule has 0 atom stereocenters. The van der Waals surface area contributed by atoms with E-state index in [1.54, 1.807) is 6.08 Å². The molecule has 4 heteroatoms. The fourth-order valence-electron chi connectivity index (χ4n) is 1.25. The summed E-state index contributed by atoms with van der Waals surface area (Å²) in [6.45, 7) is 7.98. The first kappa shape index (κ1) is 11.3. The molecule has 14 heavy (non-hydrogen) atoms. The molecule has 0 spiro atoms. The Hall–Kier alpha value is -0.773. The molecule has 0 bridgehead atoms. The molecule has 1 aliphatic heterocycles. The topological polar surface area (TPSA) is 35.5 Å². The van der Waals surface area contributed by atoms with Gasteiger partial charge in [0.2, 0.25) is 5.76 Å². The van der Waals surface area contributed by atoms with E-state index < -0.39 is 8.07 Å². The van der Waals surface area contributed by atoms with Crippen LogP contribution in [0.2, 0.25) is 25.7 Å². The van der Waals surface area contributed by atoms with Crippen LogP contribution in [0.5, 0.6) is 0 Å². The maximum atomic E-state index is 11.0. The van der Waals surface area contributed by atoms with E-state index in [2.05, 4.69) is 19.6 Å². The molecule has 3 nitrogen and oxygen atoms in total. The van der Waals surface area contributed by atoms with Gasteiger partial charge in [-0.2, -0.15) is 0 Å². The summed E-state index contributed by atoms with van der Waals surface area (Å²) in [5.74, 6) is 0.0681. The largest absolute Gasteiger partial charge is 0.487 e. The zero-order valence-electron chi connectivity index (χ0n) is 9.13. The summed E-state index contributed by atoms with van der Waals surface area (Å²) >= 11 is 0. The molecule has 0 saturated carbocycles. The molecule has 0 fully saturated rings. The van der Waals surface area contributed by atoms with Crippen molar-refractivity contribution >= 4 is 14.0 Å². The van der Waals surface area contributed by atoms with Crippen molar-refractivity contribution in [3.63, 3.8) is 0 Å². The van der Waals surface area contributed by atoms with Crippen LogP contribution < -0.4 is 0 Å². The number of ether oxygens (including phenoxy) is 2. The zero-order chi connectivity index (χ0) is 10.6. The highest BCUT2D eigenvalue weighted by atomic mass is 28.3. The van der Waals surface area contributed by atoms with Gasteiger partial charge in [0, 0.05) is 14.1 Å². The van der Waals surface area contributed by atoms with Crippen molar-refractivity contribution < 1.29 is 14.3 Å². The second-order valence-electron chi connectivity index (χ2n) is 4.68. The third-order valence-corrected chi connectivity index (χ3v) is 3.87. The van der Waals surface area contributed by atoms with Crippen LogP contribution in [0.1, 0.15) is 6.42 Å². The van der Waals surface area contributed by atoms with Gasteiger partial charge in [-0.15, -0.1) is 0 Å². The Labute approximate surface area is 86.1 Å². The van der Waals surface area contributed by atoms with Crippen molar-refractivity contribution in [3.8, 4) is 0 Å². The van der Waals surface area contributed by atoms with Gasteiger partial charge in [0.15, 0.2) is 0 Å². The molecule has 0 aromatic heterocycles. The monoisotopic (exact) mass is 214 g/mol. The number of carbonyl (C=O) groups is 1. The molecule has 1 heterocycles. The molecular formula is C10H18O3Si. The Morgan fingerprint density at radius 2 is 2.21 bits per heavy atom. The molecule has 0 aliphatic carbocycles. The van der Waals surface area contributed by atoms with Crippen molar-refractivity contribution in [3.05, 3.63) is 11.8 Å². The normalized spacial score (nSPS) is 16.5. The minimum absolute atomic E-state index is 0.321. The Kier molecular flexibility index (Phi) is 3.75. The smallest absolute Gasteiger partial charge is 0.373 e. The summed E-state index contributed by atoms with van der Waals surface area (Å²) in [5, 5.41) is 0. The molecule has 0 aromatic carbocycles. The molecule has 0 amide bonds. The lowest BCUT2D eigenvalue weighted by molar-refractivity contribution is -0.139. The summed E-state index contributed by atoms with van der Waals surface area (Å²) in [4.78, 5) is 11.0. The summed E-state index contributed by atoms with van der Waals surface area (Å²) in [6.07, 6.45) is 2.72. The van der Waals surface area contributed by atoms with Crippen LogP contribution in [0.3, 0.4) is 0 Å². The first-order valence-electron chi connectivity index (χ1n) is 4.99. The van der Waals surface area contributed by atoms with Crippen molar-refractivity contribution in [2.45, 2.75) is 32.1 Å². The Morgan fingerprint density at radius 3 is 2.71 bits per heavy atom. The van der Waals surface area contributed by atoms with Crippen molar-refractivity contribution in [1.29, 1.82) is 0 Å². The number of hydrogen-bond donors (Lipinski definition) is 0. The minimum Gasteiger partial charge on any atom is -0.487 e. The van der Waals surface area contributed by atoms with Gasteiger partial charge < -0.3 is 9.47 Å². The molecule has 0 aromatic rings. The average Bonchev–Trinajstić information content (AvgIpc) is 2.44. The van der Waals surface area contributed by atoms with E-state index >= 15 is 0 Å². The highest BCUT2D eigenvalue weighted by Gasteiger charge is 2.18. The standard InChI is InChI=1S/C10H18O3Si/c1-14(2,3)8-4-6-12-9-5-7-13-10(9)11/h5H,4,6-8H2,1-3H3. The molecule has 80 valence electrons. The number of rotatable bonds is 5. The van der Waals surface area contributed by atoms with Crippen LogP contribution >= 0.6 is 0 Å². The lowest BCUT2D eigenvalue weighted by Crippen LogP contribution is -2.19. The average molecular weight is 214 g/mol. The molecule has 0 N–H and O–H groups in total. The van der Waals surface area contributed by atoms with Crippen LogP contribution in [0, 0.1) is 0 Å². The first-order valence-corrected chi connectivity index (χ1v) is 8.70. The predicted molar refractivity (Wildman–Crippen MR) is 57.8 cm³/mol. The van der Waals surface area contributed by atoms with Gasteiger partial charge >= 0.3 is 5.97 Å². The second kappa shape index (κ2) is 4.64. The number of esters is 1. The molecular weight excluding hydrogens is 196 g/mol.